The number of para-hydroxylation sites is 1. The van der Waals surface area contributed by atoms with Crippen LogP contribution in [0.1, 0.15) is 29.0 Å². The third-order valence-corrected chi connectivity index (χ3v) is 5.83. The number of piperidine rings is 1. The number of amides is 1. The maximum Gasteiger partial charge on any atom is 0.254 e. The van der Waals surface area contributed by atoms with E-state index in [0.29, 0.717) is 37.2 Å². The fraction of sp³-hybridized carbons (Fsp3) is 0.300. The molecule has 1 aromatic heterocycles. The Bertz CT molecular complexity index is 939. The number of rotatable bonds is 5. The van der Waals surface area contributed by atoms with E-state index in [1.807, 2.05) is 59.5 Å². The van der Waals surface area contributed by atoms with E-state index in [-0.39, 0.29) is 12.0 Å². The molecule has 1 aliphatic heterocycles. The zero-order chi connectivity index (χ0) is 19.3. The van der Waals surface area contributed by atoms with Crippen molar-refractivity contribution in [2.75, 3.05) is 13.1 Å². The Morgan fingerprint density at radius 3 is 2.57 bits per heavy atom. The first-order chi connectivity index (χ1) is 13.7. The van der Waals surface area contributed by atoms with Crippen LogP contribution < -0.4 is 0 Å². The molecule has 7 nitrogen and oxygen atoms in total. The molecule has 0 bridgehead atoms. The summed E-state index contributed by atoms with van der Waals surface area (Å²) in [6.07, 6.45) is 0.963. The number of carbonyl (C=O) groups excluding carboxylic acids is 1. The maximum absolute atomic E-state index is 13.0. The number of tetrazole rings is 1. The zero-order valence-corrected chi connectivity index (χ0v) is 16.1. The van der Waals surface area contributed by atoms with Crippen LogP contribution in [0.3, 0.4) is 0 Å². The molecule has 1 N–H and O–H groups in total. The standard InChI is InChI=1S/C20H21N5O2S/c26-16-10-12-24(13-11-16)20(27)17-8-4-5-9-18(17)28-14-19-21-22-23-25(19)15-6-2-1-3-7-15/h1-9,16,26H,10-14H2. The molecule has 28 heavy (non-hydrogen) atoms. The molecule has 2 aromatic carbocycles. The van der Waals surface area contributed by atoms with Gasteiger partial charge in [0.1, 0.15) is 0 Å². The Kier molecular flexibility index (Phi) is 5.68. The first-order valence-corrected chi connectivity index (χ1v) is 10.2. The summed E-state index contributed by atoms with van der Waals surface area (Å²) in [6.45, 7) is 1.18. The van der Waals surface area contributed by atoms with Gasteiger partial charge < -0.3 is 10.0 Å². The lowest BCUT2D eigenvalue weighted by Gasteiger charge is -2.30. The average molecular weight is 395 g/mol. The van der Waals surface area contributed by atoms with Crippen molar-refractivity contribution >= 4 is 17.7 Å². The van der Waals surface area contributed by atoms with Gasteiger partial charge in [-0.3, -0.25) is 4.79 Å². The van der Waals surface area contributed by atoms with Gasteiger partial charge in [-0.2, -0.15) is 4.68 Å². The molecule has 1 aliphatic rings. The summed E-state index contributed by atoms with van der Waals surface area (Å²) in [5, 5.41) is 21.7. The van der Waals surface area contributed by atoms with E-state index in [2.05, 4.69) is 15.5 Å². The lowest BCUT2D eigenvalue weighted by atomic mass is 10.1. The van der Waals surface area contributed by atoms with Gasteiger partial charge in [-0.1, -0.05) is 30.3 Å². The lowest BCUT2D eigenvalue weighted by molar-refractivity contribution is 0.0543. The van der Waals surface area contributed by atoms with Gasteiger partial charge in [0.15, 0.2) is 5.82 Å². The molecule has 4 rings (SSSR count). The highest BCUT2D eigenvalue weighted by atomic mass is 32.2. The predicted octanol–water partition coefficient (Wildman–Crippen LogP) is 2.55. The van der Waals surface area contributed by atoms with Crippen LogP contribution in [0.15, 0.2) is 59.5 Å². The lowest BCUT2D eigenvalue weighted by Crippen LogP contribution is -2.40. The number of thioether (sulfide) groups is 1. The number of hydrogen-bond acceptors (Lipinski definition) is 6. The van der Waals surface area contributed by atoms with Crippen molar-refractivity contribution in [3.05, 3.63) is 66.0 Å². The third-order valence-electron chi connectivity index (χ3n) is 4.76. The highest BCUT2D eigenvalue weighted by molar-refractivity contribution is 7.98. The predicted molar refractivity (Wildman–Crippen MR) is 106 cm³/mol. The molecule has 1 saturated heterocycles. The number of carbonyl (C=O) groups is 1. The Labute approximate surface area is 167 Å². The van der Waals surface area contributed by atoms with Gasteiger partial charge in [-0.25, -0.2) is 0 Å². The number of likely N-dealkylation sites (tertiary alicyclic amines) is 1. The second kappa shape index (κ2) is 8.53. The van der Waals surface area contributed by atoms with E-state index in [0.717, 1.165) is 16.4 Å². The van der Waals surface area contributed by atoms with Gasteiger partial charge >= 0.3 is 0 Å². The number of hydrogen-bond donors (Lipinski definition) is 1. The number of aromatic nitrogens is 4. The normalized spacial score (nSPS) is 15.0. The quantitative estimate of drug-likeness (QED) is 0.669. The fourth-order valence-corrected chi connectivity index (χ4v) is 4.17. The van der Waals surface area contributed by atoms with Gasteiger partial charge in [0.25, 0.3) is 5.91 Å². The summed E-state index contributed by atoms with van der Waals surface area (Å²) in [4.78, 5) is 15.7. The molecule has 1 fully saturated rings. The van der Waals surface area contributed by atoms with Gasteiger partial charge in [0.2, 0.25) is 0 Å². The number of aliphatic hydroxyl groups excluding tert-OH is 1. The molecule has 0 aliphatic carbocycles. The van der Waals surface area contributed by atoms with Crippen LogP contribution >= 0.6 is 11.8 Å². The highest BCUT2D eigenvalue weighted by Gasteiger charge is 2.24. The number of nitrogens with zero attached hydrogens (tertiary/aromatic N) is 5. The Hall–Kier alpha value is -2.71. The fourth-order valence-electron chi connectivity index (χ4n) is 3.22. The van der Waals surface area contributed by atoms with Crippen molar-refractivity contribution in [2.45, 2.75) is 29.6 Å². The number of aliphatic hydroxyl groups is 1. The molecule has 0 saturated carbocycles. The molecule has 2 heterocycles. The van der Waals surface area contributed by atoms with E-state index >= 15 is 0 Å². The summed E-state index contributed by atoms with van der Waals surface area (Å²) < 4.78 is 1.71. The van der Waals surface area contributed by atoms with Crippen molar-refractivity contribution in [3.63, 3.8) is 0 Å². The third kappa shape index (κ3) is 4.07. The van der Waals surface area contributed by atoms with Crippen LogP contribution in [0, 0.1) is 0 Å². The first-order valence-electron chi connectivity index (χ1n) is 9.24. The van der Waals surface area contributed by atoms with Crippen molar-refractivity contribution in [1.29, 1.82) is 0 Å². The maximum atomic E-state index is 13.0. The van der Waals surface area contributed by atoms with Crippen LogP contribution in [0.2, 0.25) is 0 Å². The molecule has 0 spiro atoms. The second-order valence-electron chi connectivity index (χ2n) is 6.65. The minimum Gasteiger partial charge on any atom is -0.393 e. The molecular formula is C20H21N5O2S. The number of benzene rings is 2. The highest BCUT2D eigenvalue weighted by Crippen LogP contribution is 2.28. The summed E-state index contributed by atoms with van der Waals surface area (Å²) >= 11 is 1.55. The summed E-state index contributed by atoms with van der Waals surface area (Å²) in [5.41, 5.74) is 1.59. The molecule has 1 amide bonds. The minimum absolute atomic E-state index is 0.0117. The minimum atomic E-state index is -0.300. The Balaban J connectivity index is 1.50. The van der Waals surface area contributed by atoms with Crippen LogP contribution in [0.4, 0.5) is 0 Å². The van der Waals surface area contributed by atoms with Crippen molar-refractivity contribution in [3.8, 4) is 5.69 Å². The topological polar surface area (TPSA) is 84.1 Å². The Morgan fingerprint density at radius 1 is 1.07 bits per heavy atom. The van der Waals surface area contributed by atoms with Crippen molar-refractivity contribution < 1.29 is 9.90 Å². The molecule has 8 heteroatoms. The monoisotopic (exact) mass is 395 g/mol. The summed E-state index contributed by atoms with van der Waals surface area (Å²) in [6, 6.07) is 17.4. The van der Waals surface area contributed by atoms with E-state index in [1.165, 1.54) is 0 Å². The zero-order valence-electron chi connectivity index (χ0n) is 15.3. The van der Waals surface area contributed by atoms with Gasteiger partial charge in [0, 0.05) is 18.0 Å². The van der Waals surface area contributed by atoms with Gasteiger partial charge in [-0.15, -0.1) is 16.9 Å². The van der Waals surface area contributed by atoms with Gasteiger partial charge in [-0.05, 0) is 47.5 Å². The van der Waals surface area contributed by atoms with Crippen LogP contribution in [0.5, 0.6) is 0 Å². The van der Waals surface area contributed by atoms with Crippen molar-refractivity contribution in [2.24, 2.45) is 0 Å². The van der Waals surface area contributed by atoms with Crippen LogP contribution in [-0.2, 0) is 5.75 Å². The van der Waals surface area contributed by atoms with Gasteiger partial charge in [0.05, 0.1) is 23.1 Å². The van der Waals surface area contributed by atoms with E-state index in [1.54, 1.807) is 16.4 Å². The second-order valence-corrected chi connectivity index (χ2v) is 7.67. The largest absolute Gasteiger partial charge is 0.393 e. The first kappa shape index (κ1) is 18.6. The summed E-state index contributed by atoms with van der Waals surface area (Å²) in [5.74, 6) is 1.28. The molecule has 144 valence electrons. The van der Waals surface area contributed by atoms with Crippen LogP contribution in [-0.4, -0.2) is 55.3 Å². The molecule has 0 unspecified atom stereocenters. The smallest absolute Gasteiger partial charge is 0.254 e. The van der Waals surface area contributed by atoms with E-state index in [9.17, 15) is 9.90 Å². The summed E-state index contributed by atoms with van der Waals surface area (Å²) in [7, 11) is 0. The molecular weight excluding hydrogens is 374 g/mol. The SMILES string of the molecule is O=C(c1ccccc1SCc1nnnn1-c1ccccc1)N1CCC(O)CC1. The Morgan fingerprint density at radius 2 is 1.79 bits per heavy atom. The van der Waals surface area contributed by atoms with Crippen molar-refractivity contribution in [1.82, 2.24) is 25.1 Å². The molecule has 0 atom stereocenters. The van der Waals surface area contributed by atoms with E-state index in [4.69, 9.17) is 0 Å². The molecule has 0 radical (unpaired) electrons. The molecule has 3 aromatic rings. The van der Waals surface area contributed by atoms with Crippen LogP contribution in [0.25, 0.3) is 5.69 Å². The average Bonchev–Trinajstić information content (AvgIpc) is 3.22. The van der Waals surface area contributed by atoms with E-state index < -0.39 is 0 Å².